The van der Waals surface area contributed by atoms with Crippen molar-refractivity contribution in [3.05, 3.63) is 81.9 Å². The summed E-state index contributed by atoms with van der Waals surface area (Å²) in [6.45, 7) is 2.99. The fourth-order valence-electron chi connectivity index (χ4n) is 5.31. The van der Waals surface area contributed by atoms with Crippen LogP contribution in [0.15, 0.2) is 59.5 Å². The molecular weight excluding hydrogens is 485 g/mol. The molecule has 0 unspecified atom stereocenters. The average molecular weight is 513 g/mol. The summed E-state index contributed by atoms with van der Waals surface area (Å²) in [7, 11) is 3.06. The van der Waals surface area contributed by atoms with Crippen LogP contribution in [0.2, 0.25) is 0 Å². The average Bonchev–Trinajstić information content (AvgIpc) is 3.45. The Labute approximate surface area is 211 Å². The van der Waals surface area contributed by atoms with Gasteiger partial charge in [0, 0.05) is 19.3 Å². The minimum atomic E-state index is -4.54. The van der Waals surface area contributed by atoms with E-state index in [-0.39, 0.29) is 24.0 Å². The number of alkyl halides is 3. The van der Waals surface area contributed by atoms with Gasteiger partial charge in [-0.3, -0.25) is 9.13 Å². The highest BCUT2D eigenvalue weighted by Crippen LogP contribution is 2.38. The van der Waals surface area contributed by atoms with E-state index in [9.17, 15) is 18.0 Å². The second-order valence-corrected chi connectivity index (χ2v) is 9.10. The molecule has 1 fully saturated rings. The molecule has 0 aliphatic carbocycles. The van der Waals surface area contributed by atoms with Gasteiger partial charge in [0.2, 0.25) is 5.88 Å². The highest BCUT2D eigenvalue weighted by atomic mass is 19.4. The highest BCUT2D eigenvalue weighted by Gasteiger charge is 2.34. The van der Waals surface area contributed by atoms with Gasteiger partial charge in [-0.15, -0.1) is 0 Å². The molecule has 3 heterocycles. The number of benzene rings is 2. The fourth-order valence-corrected chi connectivity index (χ4v) is 5.31. The third kappa shape index (κ3) is 4.30. The quantitative estimate of drug-likeness (QED) is 0.362. The normalized spacial score (nSPS) is 15.9. The van der Waals surface area contributed by atoms with Crippen LogP contribution >= 0.6 is 0 Å². The van der Waals surface area contributed by atoms with Gasteiger partial charge in [-0.1, -0.05) is 30.3 Å². The van der Waals surface area contributed by atoms with Gasteiger partial charge in [0.15, 0.2) is 0 Å². The maximum atomic E-state index is 13.9. The molecule has 4 aromatic rings. The zero-order chi connectivity index (χ0) is 26.3. The first-order chi connectivity index (χ1) is 17.7. The van der Waals surface area contributed by atoms with Gasteiger partial charge >= 0.3 is 11.9 Å². The van der Waals surface area contributed by atoms with E-state index in [4.69, 9.17) is 9.47 Å². The number of hydrogen-bond donors (Lipinski definition) is 0. The maximum absolute atomic E-state index is 13.9. The lowest BCUT2D eigenvalue weighted by molar-refractivity contribution is -0.138. The van der Waals surface area contributed by atoms with Crippen LogP contribution in [-0.4, -0.2) is 41.4 Å². The summed E-state index contributed by atoms with van der Waals surface area (Å²) < 4.78 is 55.2. The molecule has 5 rings (SSSR count). The first-order valence-corrected chi connectivity index (χ1v) is 11.9. The van der Waals surface area contributed by atoms with Crippen LogP contribution < -0.4 is 20.1 Å². The number of rotatable bonds is 6. The molecule has 0 amide bonds. The Kier molecular flexibility index (Phi) is 6.35. The number of anilines is 1. The van der Waals surface area contributed by atoms with E-state index in [1.54, 1.807) is 23.9 Å². The number of nitrogens with zero attached hydrogens (tertiary/aromatic N) is 4. The molecule has 0 radical (unpaired) electrons. The minimum Gasteiger partial charge on any atom is -0.495 e. The molecule has 0 bridgehead atoms. The van der Waals surface area contributed by atoms with Crippen LogP contribution in [0.25, 0.3) is 11.0 Å². The van der Waals surface area contributed by atoms with Gasteiger partial charge in [0.05, 0.1) is 43.6 Å². The van der Waals surface area contributed by atoms with Gasteiger partial charge in [-0.25, -0.2) is 9.78 Å². The highest BCUT2D eigenvalue weighted by molar-refractivity contribution is 5.81. The molecular formula is C27H27F3N4O3. The molecule has 1 saturated heterocycles. The molecule has 1 atom stereocenters. The monoisotopic (exact) mass is 512 g/mol. The second-order valence-electron chi connectivity index (χ2n) is 9.10. The van der Waals surface area contributed by atoms with E-state index in [0.717, 1.165) is 23.1 Å². The Morgan fingerprint density at radius 1 is 1.05 bits per heavy atom. The van der Waals surface area contributed by atoms with Crippen molar-refractivity contribution in [2.24, 2.45) is 0 Å². The van der Waals surface area contributed by atoms with E-state index < -0.39 is 17.4 Å². The van der Waals surface area contributed by atoms with Crippen molar-refractivity contribution in [2.45, 2.75) is 32.1 Å². The van der Waals surface area contributed by atoms with Crippen molar-refractivity contribution >= 4 is 16.7 Å². The zero-order valence-corrected chi connectivity index (χ0v) is 20.7. The van der Waals surface area contributed by atoms with Gasteiger partial charge < -0.3 is 14.4 Å². The number of halogens is 3. The summed E-state index contributed by atoms with van der Waals surface area (Å²) in [4.78, 5) is 20.3. The molecule has 0 N–H and O–H groups in total. The second kappa shape index (κ2) is 9.49. The van der Waals surface area contributed by atoms with E-state index in [0.29, 0.717) is 30.5 Å². The summed E-state index contributed by atoms with van der Waals surface area (Å²) in [5.41, 5.74) is 1.81. The molecule has 0 saturated carbocycles. The molecule has 2 aromatic heterocycles. The summed E-state index contributed by atoms with van der Waals surface area (Å²) in [6.07, 6.45) is -2.32. The van der Waals surface area contributed by atoms with Crippen molar-refractivity contribution in [3.8, 4) is 11.6 Å². The summed E-state index contributed by atoms with van der Waals surface area (Å²) >= 11 is 0. The molecule has 7 nitrogen and oxygen atoms in total. The molecule has 37 heavy (non-hydrogen) atoms. The zero-order valence-electron chi connectivity index (χ0n) is 20.7. The Morgan fingerprint density at radius 3 is 2.57 bits per heavy atom. The third-order valence-electron chi connectivity index (χ3n) is 6.95. The number of fused-ring (bicyclic) bond motifs is 1. The number of ether oxygens (including phenoxy) is 2. The fraction of sp³-hybridized carbons (Fsp3) is 0.333. The van der Waals surface area contributed by atoms with Gasteiger partial charge in [0.1, 0.15) is 11.3 Å². The van der Waals surface area contributed by atoms with Gasteiger partial charge in [-0.2, -0.15) is 13.2 Å². The van der Waals surface area contributed by atoms with Crippen LogP contribution in [0.3, 0.4) is 0 Å². The SMILES string of the molecule is COc1cccc(C)c1N1CC[C@@H](n2c(=O)n(Cc3ccccc3C(F)(F)F)c3c(OC)nccc32)C1. The third-order valence-corrected chi connectivity index (χ3v) is 6.95. The summed E-state index contributed by atoms with van der Waals surface area (Å²) in [5.74, 6) is 0.943. The van der Waals surface area contributed by atoms with Gasteiger partial charge in [-0.05, 0) is 42.7 Å². The van der Waals surface area contributed by atoms with E-state index >= 15 is 0 Å². The van der Waals surface area contributed by atoms with Crippen molar-refractivity contribution in [1.82, 2.24) is 14.1 Å². The Balaban J connectivity index is 1.61. The number of hydrogen-bond acceptors (Lipinski definition) is 5. The number of imidazole rings is 1. The van der Waals surface area contributed by atoms with E-state index in [1.165, 1.54) is 29.9 Å². The predicted molar refractivity (Wildman–Crippen MR) is 135 cm³/mol. The Hall–Kier alpha value is -3.95. The Morgan fingerprint density at radius 2 is 1.84 bits per heavy atom. The molecule has 1 aliphatic heterocycles. The predicted octanol–water partition coefficient (Wildman–Crippen LogP) is 5.04. The van der Waals surface area contributed by atoms with Crippen molar-refractivity contribution < 1.29 is 22.6 Å². The van der Waals surface area contributed by atoms with Crippen LogP contribution in [0, 0.1) is 6.92 Å². The first-order valence-electron chi connectivity index (χ1n) is 11.9. The number of aryl methyl sites for hydroxylation is 1. The Bertz CT molecular complexity index is 1510. The summed E-state index contributed by atoms with van der Waals surface area (Å²) in [6, 6.07) is 12.7. The van der Waals surface area contributed by atoms with Gasteiger partial charge in [0.25, 0.3) is 0 Å². The largest absolute Gasteiger partial charge is 0.495 e. The maximum Gasteiger partial charge on any atom is 0.416 e. The molecule has 1 aliphatic rings. The van der Waals surface area contributed by atoms with Crippen LogP contribution in [0.5, 0.6) is 11.6 Å². The number of pyridine rings is 1. The van der Waals surface area contributed by atoms with Crippen LogP contribution in [-0.2, 0) is 12.7 Å². The standard InChI is InChI=1S/C27H27F3N4O3/c1-17-7-6-10-22(36-2)23(17)32-14-12-19(16-32)34-21-11-13-31-25(37-3)24(21)33(26(34)35)15-18-8-4-5-9-20(18)27(28,29)30/h4-11,13,19H,12,14-16H2,1-3H3/t19-/m1/s1. The molecule has 0 spiro atoms. The lowest BCUT2D eigenvalue weighted by atomic mass is 10.1. The smallest absolute Gasteiger partial charge is 0.416 e. The van der Waals surface area contributed by atoms with Crippen molar-refractivity contribution in [1.29, 1.82) is 0 Å². The summed E-state index contributed by atoms with van der Waals surface area (Å²) in [5, 5.41) is 0. The van der Waals surface area contributed by atoms with Crippen LogP contribution in [0.4, 0.5) is 18.9 Å². The van der Waals surface area contributed by atoms with Crippen LogP contribution in [0.1, 0.15) is 29.2 Å². The first kappa shape index (κ1) is 24.7. The van der Waals surface area contributed by atoms with E-state index in [1.807, 2.05) is 25.1 Å². The van der Waals surface area contributed by atoms with Crippen molar-refractivity contribution in [3.63, 3.8) is 0 Å². The number of para-hydroxylation sites is 1. The number of methoxy groups -OCH3 is 2. The molecule has 2 aromatic carbocycles. The topological polar surface area (TPSA) is 61.5 Å². The molecule has 194 valence electrons. The lowest BCUT2D eigenvalue weighted by Gasteiger charge is -2.23. The number of aromatic nitrogens is 3. The van der Waals surface area contributed by atoms with Crippen molar-refractivity contribution in [2.75, 3.05) is 32.2 Å². The minimum absolute atomic E-state index is 0.000230. The lowest BCUT2D eigenvalue weighted by Crippen LogP contribution is -2.30. The van der Waals surface area contributed by atoms with E-state index in [2.05, 4.69) is 9.88 Å². The molecule has 10 heteroatoms.